The zero-order valence-corrected chi connectivity index (χ0v) is 23.8. The topological polar surface area (TPSA) is 18.5 Å². The van der Waals surface area contributed by atoms with E-state index in [0.29, 0.717) is 11.8 Å². The summed E-state index contributed by atoms with van der Waals surface area (Å²) in [5.74, 6) is 2.63. The van der Waals surface area contributed by atoms with Crippen LogP contribution in [0.5, 0.6) is 11.5 Å². The fourth-order valence-corrected chi connectivity index (χ4v) is 4.92. The average Bonchev–Trinajstić information content (AvgIpc) is 3.00. The molecular formula is C38H38O2. The zero-order chi connectivity index (χ0) is 27.9. The summed E-state index contributed by atoms with van der Waals surface area (Å²) in [4.78, 5) is 0. The summed E-state index contributed by atoms with van der Waals surface area (Å²) in [7, 11) is 0. The molecule has 0 aliphatic carbocycles. The first-order valence-electron chi connectivity index (χ1n) is 14.2. The lowest BCUT2D eigenvalue weighted by atomic mass is 9.93. The fraction of sp³-hybridized carbons (Fsp3) is 0.211. The number of rotatable bonds is 10. The molecule has 2 heteroatoms. The summed E-state index contributed by atoms with van der Waals surface area (Å²) >= 11 is 0. The zero-order valence-electron chi connectivity index (χ0n) is 23.8. The van der Waals surface area contributed by atoms with Crippen molar-refractivity contribution in [1.82, 2.24) is 0 Å². The molecular weight excluding hydrogens is 488 g/mol. The van der Waals surface area contributed by atoms with Crippen molar-refractivity contribution in [2.24, 2.45) is 0 Å². The summed E-state index contributed by atoms with van der Waals surface area (Å²) in [6, 6.07) is 46.3. The summed E-state index contributed by atoms with van der Waals surface area (Å²) in [5, 5.41) is 0. The SMILES string of the molecule is CC(C)c1ccc(C(Oc2ccccc2)c2cccc(C(Oc3ccccc3)c3ccc(C(C)C)cc3)c2)cc1. The van der Waals surface area contributed by atoms with Gasteiger partial charge in [-0.1, -0.05) is 131 Å². The Morgan fingerprint density at radius 2 is 0.700 bits per heavy atom. The largest absolute Gasteiger partial charge is 0.481 e. The molecule has 2 nitrogen and oxygen atoms in total. The number of hydrogen-bond acceptors (Lipinski definition) is 2. The Bertz CT molecular complexity index is 1360. The molecule has 0 amide bonds. The van der Waals surface area contributed by atoms with E-state index in [1.165, 1.54) is 11.1 Å². The van der Waals surface area contributed by atoms with Crippen LogP contribution in [0.2, 0.25) is 0 Å². The first-order valence-corrected chi connectivity index (χ1v) is 14.2. The molecule has 0 radical (unpaired) electrons. The van der Waals surface area contributed by atoms with Crippen molar-refractivity contribution in [3.8, 4) is 11.5 Å². The molecule has 0 bridgehead atoms. The molecule has 2 atom stereocenters. The summed E-state index contributed by atoms with van der Waals surface area (Å²) in [5.41, 5.74) is 7.03. The highest BCUT2D eigenvalue weighted by molar-refractivity contribution is 5.41. The van der Waals surface area contributed by atoms with Crippen LogP contribution in [0.15, 0.2) is 133 Å². The Morgan fingerprint density at radius 1 is 0.350 bits per heavy atom. The van der Waals surface area contributed by atoms with Gasteiger partial charge in [-0.25, -0.2) is 0 Å². The van der Waals surface area contributed by atoms with Gasteiger partial charge in [0.2, 0.25) is 0 Å². The van der Waals surface area contributed by atoms with Gasteiger partial charge in [0.15, 0.2) is 0 Å². The Hall–Kier alpha value is -4.30. The molecule has 5 aromatic carbocycles. The van der Waals surface area contributed by atoms with Gasteiger partial charge in [-0.3, -0.25) is 0 Å². The lowest BCUT2D eigenvalue weighted by Gasteiger charge is -2.24. The molecule has 0 aromatic heterocycles. The second-order valence-corrected chi connectivity index (χ2v) is 10.9. The number of para-hydroxylation sites is 2. The summed E-state index contributed by atoms with van der Waals surface area (Å²) in [6.45, 7) is 8.88. The monoisotopic (exact) mass is 526 g/mol. The van der Waals surface area contributed by atoms with Crippen molar-refractivity contribution in [3.05, 3.63) is 167 Å². The summed E-state index contributed by atoms with van der Waals surface area (Å²) in [6.07, 6.45) is -0.520. The fourth-order valence-electron chi connectivity index (χ4n) is 4.92. The highest BCUT2D eigenvalue weighted by Gasteiger charge is 2.22. The third-order valence-corrected chi connectivity index (χ3v) is 7.32. The van der Waals surface area contributed by atoms with Crippen LogP contribution in [0.25, 0.3) is 0 Å². The minimum atomic E-state index is -0.260. The van der Waals surface area contributed by atoms with Gasteiger partial charge in [0.1, 0.15) is 23.7 Å². The van der Waals surface area contributed by atoms with Crippen molar-refractivity contribution < 1.29 is 9.47 Å². The van der Waals surface area contributed by atoms with Gasteiger partial charge in [0.05, 0.1) is 0 Å². The Morgan fingerprint density at radius 3 is 1.05 bits per heavy atom. The number of ether oxygens (including phenoxy) is 2. The third kappa shape index (κ3) is 6.63. The second-order valence-electron chi connectivity index (χ2n) is 10.9. The lowest BCUT2D eigenvalue weighted by Crippen LogP contribution is -2.13. The number of hydrogen-bond donors (Lipinski definition) is 0. The van der Waals surface area contributed by atoms with E-state index in [-0.39, 0.29) is 12.2 Å². The lowest BCUT2D eigenvalue weighted by molar-refractivity contribution is 0.240. The van der Waals surface area contributed by atoms with E-state index in [1.807, 2.05) is 60.7 Å². The van der Waals surface area contributed by atoms with Crippen LogP contribution < -0.4 is 9.47 Å². The van der Waals surface area contributed by atoms with Crippen LogP contribution in [-0.4, -0.2) is 0 Å². The van der Waals surface area contributed by atoms with Crippen molar-refractivity contribution >= 4 is 0 Å². The molecule has 0 aliphatic rings. The highest BCUT2D eigenvalue weighted by Crippen LogP contribution is 2.34. The molecule has 2 unspecified atom stereocenters. The first-order chi connectivity index (χ1) is 19.5. The molecule has 0 heterocycles. The van der Waals surface area contributed by atoms with Crippen molar-refractivity contribution in [3.63, 3.8) is 0 Å². The van der Waals surface area contributed by atoms with Crippen LogP contribution in [0.4, 0.5) is 0 Å². The van der Waals surface area contributed by atoms with Crippen molar-refractivity contribution in [1.29, 1.82) is 0 Å². The Kier molecular flexibility index (Phi) is 8.66. The van der Waals surface area contributed by atoms with Gasteiger partial charge in [-0.15, -0.1) is 0 Å². The molecule has 0 spiro atoms. The van der Waals surface area contributed by atoms with Gasteiger partial charge in [-0.05, 0) is 75.5 Å². The van der Waals surface area contributed by atoms with Crippen LogP contribution in [0, 0.1) is 0 Å². The quantitative estimate of drug-likeness (QED) is 0.180. The van der Waals surface area contributed by atoms with Crippen LogP contribution in [0.1, 0.15) is 85.1 Å². The van der Waals surface area contributed by atoms with E-state index in [2.05, 4.69) is 100 Å². The Labute approximate surface area is 239 Å². The van der Waals surface area contributed by atoms with Gasteiger partial charge >= 0.3 is 0 Å². The predicted molar refractivity (Wildman–Crippen MR) is 165 cm³/mol. The maximum Gasteiger partial charge on any atom is 0.149 e. The van der Waals surface area contributed by atoms with Gasteiger partial charge < -0.3 is 9.47 Å². The molecule has 0 saturated carbocycles. The smallest absolute Gasteiger partial charge is 0.149 e. The van der Waals surface area contributed by atoms with Crippen LogP contribution in [-0.2, 0) is 0 Å². The average molecular weight is 527 g/mol. The highest BCUT2D eigenvalue weighted by atomic mass is 16.5. The summed E-state index contributed by atoms with van der Waals surface area (Å²) < 4.78 is 13.3. The predicted octanol–water partition coefficient (Wildman–Crippen LogP) is 10.3. The second kappa shape index (κ2) is 12.7. The molecule has 40 heavy (non-hydrogen) atoms. The minimum Gasteiger partial charge on any atom is -0.481 e. The van der Waals surface area contributed by atoms with Gasteiger partial charge in [-0.2, -0.15) is 0 Å². The normalized spacial score (nSPS) is 12.8. The maximum absolute atomic E-state index is 6.65. The van der Waals surface area contributed by atoms with Crippen molar-refractivity contribution in [2.45, 2.75) is 51.7 Å². The molecule has 0 aliphatic heterocycles. The first kappa shape index (κ1) is 27.3. The van der Waals surface area contributed by atoms with E-state index >= 15 is 0 Å². The van der Waals surface area contributed by atoms with E-state index in [4.69, 9.17) is 9.47 Å². The molecule has 5 aromatic rings. The van der Waals surface area contributed by atoms with E-state index < -0.39 is 0 Å². The standard InChI is InChI=1S/C38H38O2/c1-27(2)29-18-22-31(23-19-29)37(39-35-14-7-5-8-15-35)33-12-11-13-34(26-33)38(40-36-16-9-6-10-17-36)32-24-20-30(21-25-32)28(3)4/h5-28,37-38H,1-4H3. The van der Waals surface area contributed by atoms with E-state index in [1.54, 1.807) is 0 Å². The van der Waals surface area contributed by atoms with Gasteiger partial charge in [0, 0.05) is 0 Å². The third-order valence-electron chi connectivity index (χ3n) is 7.32. The molecule has 0 N–H and O–H groups in total. The molecule has 0 saturated heterocycles. The van der Waals surface area contributed by atoms with Crippen molar-refractivity contribution in [2.75, 3.05) is 0 Å². The number of benzene rings is 5. The Balaban J connectivity index is 1.55. The molecule has 0 fully saturated rings. The molecule has 5 rings (SSSR count). The minimum absolute atomic E-state index is 0.260. The van der Waals surface area contributed by atoms with Crippen LogP contribution in [0.3, 0.4) is 0 Å². The van der Waals surface area contributed by atoms with E-state index in [9.17, 15) is 0 Å². The maximum atomic E-state index is 6.65. The van der Waals surface area contributed by atoms with Crippen LogP contribution >= 0.6 is 0 Å². The van der Waals surface area contributed by atoms with E-state index in [0.717, 1.165) is 33.8 Å². The van der Waals surface area contributed by atoms with Gasteiger partial charge in [0.25, 0.3) is 0 Å². The molecule has 202 valence electrons.